The van der Waals surface area contributed by atoms with E-state index in [-0.39, 0.29) is 5.91 Å². The molecule has 1 N–H and O–H groups in total. The maximum atomic E-state index is 12.1. The zero-order valence-corrected chi connectivity index (χ0v) is 13.9. The van der Waals surface area contributed by atoms with Gasteiger partial charge in [-0.2, -0.15) is 0 Å². The average Bonchev–Trinajstić information content (AvgIpc) is 2.97. The van der Waals surface area contributed by atoms with Gasteiger partial charge < -0.3 is 10.0 Å². The molecule has 0 saturated carbocycles. The summed E-state index contributed by atoms with van der Waals surface area (Å²) in [5, 5.41) is 9.11. The van der Waals surface area contributed by atoms with Gasteiger partial charge in [-0.1, -0.05) is 26.0 Å². The van der Waals surface area contributed by atoms with E-state index in [9.17, 15) is 9.59 Å². The molecule has 0 aromatic heterocycles. The molecule has 1 aliphatic rings. The molecule has 4 nitrogen and oxygen atoms in total. The molecule has 1 saturated heterocycles. The summed E-state index contributed by atoms with van der Waals surface area (Å²) < 4.78 is 0. The first-order valence-electron chi connectivity index (χ1n) is 7.74. The first-order valence-corrected chi connectivity index (χ1v) is 8.72. The van der Waals surface area contributed by atoms with Crippen LogP contribution >= 0.6 is 11.8 Å². The SMILES string of the molecule is CC(C)c1ccc(SCCC(=O)N2CCCC2C(=O)O)cc1. The van der Waals surface area contributed by atoms with Crippen LogP contribution in [0.4, 0.5) is 0 Å². The molecule has 1 heterocycles. The highest BCUT2D eigenvalue weighted by Gasteiger charge is 2.33. The van der Waals surface area contributed by atoms with Crippen LogP contribution in [0.3, 0.4) is 0 Å². The summed E-state index contributed by atoms with van der Waals surface area (Å²) in [6.07, 6.45) is 1.75. The molecule has 0 aliphatic carbocycles. The summed E-state index contributed by atoms with van der Waals surface area (Å²) in [4.78, 5) is 25.9. The van der Waals surface area contributed by atoms with Crippen LogP contribution in [0.5, 0.6) is 0 Å². The van der Waals surface area contributed by atoms with Gasteiger partial charge in [-0.15, -0.1) is 11.8 Å². The summed E-state index contributed by atoms with van der Waals surface area (Å²) in [5.74, 6) is 0.269. The second-order valence-corrected chi connectivity index (χ2v) is 7.07. The van der Waals surface area contributed by atoms with Crippen LogP contribution in [-0.4, -0.2) is 40.2 Å². The van der Waals surface area contributed by atoms with E-state index in [1.807, 2.05) is 0 Å². The fourth-order valence-corrected chi connectivity index (χ4v) is 3.51. The number of rotatable bonds is 6. The molecule has 1 aromatic rings. The third kappa shape index (κ3) is 4.26. The van der Waals surface area contributed by atoms with Crippen molar-refractivity contribution in [1.29, 1.82) is 0 Å². The van der Waals surface area contributed by atoms with Gasteiger partial charge in [0.2, 0.25) is 5.91 Å². The van der Waals surface area contributed by atoms with E-state index in [4.69, 9.17) is 5.11 Å². The number of amides is 1. The molecule has 1 aromatic carbocycles. The van der Waals surface area contributed by atoms with Crippen molar-refractivity contribution in [2.75, 3.05) is 12.3 Å². The molecule has 1 unspecified atom stereocenters. The molecule has 1 amide bonds. The number of hydrogen-bond acceptors (Lipinski definition) is 3. The van der Waals surface area contributed by atoms with Crippen molar-refractivity contribution < 1.29 is 14.7 Å². The van der Waals surface area contributed by atoms with Gasteiger partial charge in [0.25, 0.3) is 0 Å². The molecule has 0 radical (unpaired) electrons. The molecule has 1 aliphatic heterocycles. The maximum absolute atomic E-state index is 12.1. The van der Waals surface area contributed by atoms with Crippen molar-refractivity contribution in [1.82, 2.24) is 4.90 Å². The Bertz CT molecular complexity index is 527. The summed E-state index contributed by atoms with van der Waals surface area (Å²) in [5.41, 5.74) is 1.31. The molecular formula is C17H23NO3S. The Morgan fingerprint density at radius 3 is 2.59 bits per heavy atom. The predicted molar refractivity (Wildman–Crippen MR) is 88.2 cm³/mol. The van der Waals surface area contributed by atoms with Gasteiger partial charge in [-0.25, -0.2) is 4.79 Å². The number of carboxylic acid groups (broad SMARTS) is 1. The highest BCUT2D eigenvalue weighted by atomic mass is 32.2. The van der Waals surface area contributed by atoms with Gasteiger partial charge in [0.15, 0.2) is 0 Å². The Morgan fingerprint density at radius 2 is 2.00 bits per heavy atom. The lowest BCUT2D eigenvalue weighted by Gasteiger charge is -2.21. The molecule has 0 spiro atoms. The molecule has 5 heteroatoms. The molecule has 22 heavy (non-hydrogen) atoms. The highest BCUT2D eigenvalue weighted by molar-refractivity contribution is 7.99. The van der Waals surface area contributed by atoms with Crippen molar-refractivity contribution in [3.63, 3.8) is 0 Å². The van der Waals surface area contributed by atoms with Gasteiger partial charge in [0, 0.05) is 23.6 Å². The Hall–Kier alpha value is -1.49. The van der Waals surface area contributed by atoms with Gasteiger partial charge in [0.1, 0.15) is 6.04 Å². The zero-order chi connectivity index (χ0) is 16.1. The fourth-order valence-electron chi connectivity index (χ4n) is 2.67. The van der Waals surface area contributed by atoms with Gasteiger partial charge in [0.05, 0.1) is 0 Å². The first kappa shape index (κ1) is 16.9. The van der Waals surface area contributed by atoms with Crippen molar-refractivity contribution in [3.8, 4) is 0 Å². The second-order valence-electron chi connectivity index (χ2n) is 5.91. The number of aliphatic carboxylic acids is 1. The monoisotopic (exact) mass is 321 g/mol. The lowest BCUT2D eigenvalue weighted by Crippen LogP contribution is -2.40. The minimum atomic E-state index is -0.886. The maximum Gasteiger partial charge on any atom is 0.326 e. The Balaban J connectivity index is 1.80. The number of carbonyl (C=O) groups excluding carboxylic acids is 1. The van der Waals surface area contributed by atoms with E-state index in [0.29, 0.717) is 31.1 Å². The lowest BCUT2D eigenvalue weighted by atomic mass is 10.0. The van der Waals surface area contributed by atoms with Gasteiger partial charge >= 0.3 is 5.97 Å². The van der Waals surface area contributed by atoms with E-state index >= 15 is 0 Å². The van der Waals surface area contributed by atoms with Gasteiger partial charge in [-0.05, 0) is 36.5 Å². The van der Waals surface area contributed by atoms with Gasteiger partial charge in [-0.3, -0.25) is 4.79 Å². The van der Waals surface area contributed by atoms with Crippen LogP contribution in [0.25, 0.3) is 0 Å². The molecule has 1 fully saturated rings. The molecule has 1 atom stereocenters. The van der Waals surface area contributed by atoms with E-state index in [1.165, 1.54) is 10.5 Å². The first-order chi connectivity index (χ1) is 10.5. The number of hydrogen-bond donors (Lipinski definition) is 1. The summed E-state index contributed by atoms with van der Waals surface area (Å²) >= 11 is 1.64. The van der Waals surface area contributed by atoms with E-state index in [1.54, 1.807) is 11.8 Å². The second kappa shape index (κ2) is 7.68. The standard InChI is InChI=1S/C17H23NO3S/c1-12(2)13-5-7-14(8-6-13)22-11-9-16(19)18-10-3-4-15(18)17(20)21/h5-8,12,15H,3-4,9-11H2,1-2H3,(H,20,21). The fraction of sp³-hybridized carbons (Fsp3) is 0.529. The Morgan fingerprint density at radius 1 is 1.32 bits per heavy atom. The normalized spacial score (nSPS) is 18.0. The quantitative estimate of drug-likeness (QED) is 0.816. The number of likely N-dealkylation sites (tertiary alicyclic amines) is 1. The Kier molecular flexibility index (Phi) is 5.89. The molecule has 2 rings (SSSR count). The summed E-state index contributed by atoms with van der Waals surface area (Å²) in [7, 11) is 0. The highest BCUT2D eigenvalue weighted by Crippen LogP contribution is 2.24. The number of carboxylic acids is 1. The van der Waals surface area contributed by atoms with Crippen LogP contribution in [0.1, 0.15) is 44.6 Å². The summed E-state index contributed by atoms with van der Waals surface area (Å²) in [6, 6.07) is 7.79. The van der Waals surface area contributed by atoms with E-state index in [2.05, 4.69) is 38.1 Å². The third-order valence-electron chi connectivity index (χ3n) is 3.99. The van der Waals surface area contributed by atoms with Crippen molar-refractivity contribution in [2.24, 2.45) is 0 Å². The molecule has 120 valence electrons. The van der Waals surface area contributed by atoms with E-state index in [0.717, 1.165) is 11.3 Å². The van der Waals surface area contributed by atoms with Crippen LogP contribution in [0.15, 0.2) is 29.2 Å². The predicted octanol–water partition coefficient (Wildman–Crippen LogP) is 3.37. The smallest absolute Gasteiger partial charge is 0.326 e. The minimum Gasteiger partial charge on any atom is -0.480 e. The van der Waals surface area contributed by atoms with Crippen molar-refractivity contribution in [2.45, 2.75) is 50.0 Å². The lowest BCUT2D eigenvalue weighted by molar-refractivity contribution is -0.148. The Labute approximate surface area is 135 Å². The van der Waals surface area contributed by atoms with Crippen LogP contribution in [0.2, 0.25) is 0 Å². The van der Waals surface area contributed by atoms with Crippen LogP contribution < -0.4 is 0 Å². The summed E-state index contributed by atoms with van der Waals surface area (Å²) in [6.45, 7) is 4.90. The minimum absolute atomic E-state index is 0.0452. The van der Waals surface area contributed by atoms with Crippen LogP contribution in [-0.2, 0) is 9.59 Å². The molecular weight excluding hydrogens is 298 g/mol. The average molecular weight is 321 g/mol. The van der Waals surface area contributed by atoms with E-state index < -0.39 is 12.0 Å². The number of carbonyl (C=O) groups is 2. The topological polar surface area (TPSA) is 57.6 Å². The third-order valence-corrected chi connectivity index (χ3v) is 5.00. The van der Waals surface area contributed by atoms with Crippen LogP contribution in [0, 0.1) is 0 Å². The zero-order valence-electron chi connectivity index (χ0n) is 13.1. The number of nitrogens with zero attached hydrogens (tertiary/aromatic N) is 1. The number of benzene rings is 1. The van der Waals surface area contributed by atoms with Crippen molar-refractivity contribution in [3.05, 3.63) is 29.8 Å². The number of thioether (sulfide) groups is 1. The van der Waals surface area contributed by atoms with Crippen molar-refractivity contribution >= 4 is 23.6 Å². The largest absolute Gasteiger partial charge is 0.480 e. The molecule has 0 bridgehead atoms.